The van der Waals surface area contributed by atoms with Gasteiger partial charge in [0.2, 0.25) is 0 Å². The van der Waals surface area contributed by atoms with Crippen molar-refractivity contribution in [2.45, 2.75) is 5.66 Å². The van der Waals surface area contributed by atoms with E-state index in [4.69, 9.17) is 11.8 Å². The van der Waals surface area contributed by atoms with Crippen LogP contribution in [0.5, 0.6) is 0 Å². The van der Waals surface area contributed by atoms with Crippen molar-refractivity contribution in [3.05, 3.63) is 94.0 Å². The first kappa shape index (κ1) is 15.7. The molecule has 0 saturated heterocycles. The van der Waals surface area contributed by atoms with Gasteiger partial charge in [-0.2, -0.15) is 0 Å². The molecule has 0 unspecified atom stereocenters. The van der Waals surface area contributed by atoms with Gasteiger partial charge in [0.05, 0.1) is 10.3 Å². The predicted molar refractivity (Wildman–Crippen MR) is 116 cm³/mol. The number of benzene rings is 2. The fourth-order valence-corrected chi connectivity index (χ4v) is 12.3. The smallest absolute Gasteiger partial charge is 0.0565 e. The van der Waals surface area contributed by atoms with Crippen molar-refractivity contribution >= 4 is 50.4 Å². The van der Waals surface area contributed by atoms with Crippen LogP contribution in [0.4, 0.5) is 0 Å². The van der Waals surface area contributed by atoms with E-state index in [9.17, 15) is 0 Å². The molecule has 1 aliphatic rings. The second-order valence-corrected chi connectivity index (χ2v) is 12.8. The summed E-state index contributed by atoms with van der Waals surface area (Å²) in [6, 6.07) is 24.2. The summed E-state index contributed by atoms with van der Waals surface area (Å²) in [4.78, 5) is 1.43. The Kier molecular flexibility index (Phi) is 3.79. The molecule has 2 aromatic carbocycles. The van der Waals surface area contributed by atoms with Crippen LogP contribution in [0.2, 0.25) is 0 Å². The molecule has 122 valence electrons. The molecule has 4 heteroatoms. The molecule has 4 aromatic rings. The maximum absolute atomic E-state index is 6.60. The van der Waals surface area contributed by atoms with Gasteiger partial charge in [-0.1, -0.05) is 72.5 Å². The molecule has 0 bridgehead atoms. The molecule has 5 rings (SSSR count). The molecule has 0 saturated carbocycles. The first-order valence-electron chi connectivity index (χ1n) is 8.16. The van der Waals surface area contributed by atoms with Crippen molar-refractivity contribution in [2.24, 2.45) is 0 Å². The third-order valence-corrected chi connectivity index (χ3v) is 13.2. The van der Waals surface area contributed by atoms with Crippen LogP contribution >= 0.6 is 28.7 Å². The van der Waals surface area contributed by atoms with Gasteiger partial charge in [-0.05, 0) is 39.3 Å². The Balaban J connectivity index is 1.88. The number of rotatable bonds is 2. The van der Waals surface area contributed by atoms with Crippen molar-refractivity contribution in [1.82, 2.24) is 0 Å². The molecular formula is C21H15PS3. The van der Waals surface area contributed by atoms with E-state index in [1.165, 1.54) is 31.5 Å². The van der Waals surface area contributed by atoms with Gasteiger partial charge < -0.3 is 0 Å². The molecule has 0 N–H and O–H groups in total. The topological polar surface area (TPSA) is 0 Å². The lowest BCUT2D eigenvalue weighted by Crippen LogP contribution is -2.24. The number of fused-ring (bicyclic) bond motifs is 3. The summed E-state index contributed by atoms with van der Waals surface area (Å²) < 4.78 is 1.41. The van der Waals surface area contributed by atoms with Crippen LogP contribution in [0.25, 0.3) is 11.1 Å². The summed E-state index contributed by atoms with van der Waals surface area (Å²) >= 11 is 10.3. The molecule has 0 radical (unpaired) electrons. The van der Waals surface area contributed by atoms with E-state index in [2.05, 4.69) is 83.6 Å². The highest BCUT2D eigenvalue weighted by atomic mass is 32.4. The van der Waals surface area contributed by atoms with Crippen molar-refractivity contribution < 1.29 is 0 Å². The lowest BCUT2D eigenvalue weighted by atomic mass is 10.0. The largest absolute Gasteiger partial charge is 0.147 e. The number of thiophene rings is 2. The zero-order valence-corrected chi connectivity index (χ0v) is 16.7. The van der Waals surface area contributed by atoms with Crippen molar-refractivity contribution in [3.8, 4) is 11.1 Å². The molecule has 2 aromatic heterocycles. The molecule has 0 fully saturated rings. The minimum Gasteiger partial charge on any atom is -0.147 e. The Bertz CT molecular complexity index is 1080. The number of hydrogen-bond acceptors (Lipinski definition) is 3. The van der Waals surface area contributed by atoms with Crippen molar-refractivity contribution in [3.63, 3.8) is 0 Å². The van der Waals surface area contributed by atoms with E-state index < -0.39 is 6.04 Å². The molecule has 0 nitrogen and oxygen atoms in total. The fourth-order valence-electron chi connectivity index (χ4n) is 3.71. The standard InChI is InChI=1S/C21H15PS3/c23-22(16-9-5-2-6-10-16)19(15-7-3-1-4-8-15)20-17(11-13-24-20)18-12-14-25-21(18)22/h1-14,19H/t19-,22+/m0/s1. The van der Waals surface area contributed by atoms with Gasteiger partial charge in [0, 0.05) is 16.5 Å². The van der Waals surface area contributed by atoms with Crippen LogP contribution in [0.15, 0.2) is 83.6 Å². The summed E-state index contributed by atoms with van der Waals surface area (Å²) in [5, 5.41) is 5.75. The molecule has 25 heavy (non-hydrogen) atoms. The average molecular weight is 395 g/mol. The van der Waals surface area contributed by atoms with E-state index >= 15 is 0 Å². The minimum atomic E-state index is -1.98. The van der Waals surface area contributed by atoms with Crippen LogP contribution < -0.4 is 9.92 Å². The van der Waals surface area contributed by atoms with Crippen LogP contribution in [-0.4, -0.2) is 0 Å². The highest BCUT2D eigenvalue weighted by Crippen LogP contribution is 2.67. The predicted octanol–water partition coefficient (Wildman–Crippen LogP) is 6.01. The van der Waals surface area contributed by atoms with Gasteiger partial charge in [-0.15, -0.1) is 22.7 Å². The second-order valence-electron chi connectivity index (χ2n) is 6.14. The monoisotopic (exact) mass is 394 g/mol. The minimum absolute atomic E-state index is 0.271. The van der Waals surface area contributed by atoms with Crippen molar-refractivity contribution in [2.75, 3.05) is 0 Å². The van der Waals surface area contributed by atoms with Gasteiger partial charge >= 0.3 is 0 Å². The van der Waals surface area contributed by atoms with Crippen LogP contribution in [0.1, 0.15) is 16.1 Å². The lowest BCUT2D eigenvalue weighted by Gasteiger charge is -2.36. The van der Waals surface area contributed by atoms with Gasteiger partial charge in [-0.3, -0.25) is 0 Å². The van der Waals surface area contributed by atoms with E-state index in [0.717, 1.165) is 0 Å². The lowest BCUT2D eigenvalue weighted by molar-refractivity contribution is 1.18. The van der Waals surface area contributed by atoms with Crippen molar-refractivity contribution in [1.29, 1.82) is 0 Å². The fraction of sp³-hybridized carbons (Fsp3) is 0.0476. The van der Waals surface area contributed by atoms with Gasteiger partial charge in [-0.25, -0.2) is 0 Å². The van der Waals surface area contributed by atoms with Crippen LogP contribution in [0.3, 0.4) is 0 Å². The molecule has 3 heterocycles. The maximum Gasteiger partial charge on any atom is 0.0565 e. The SMILES string of the molecule is S=[P@@]1(c2ccccc2)c2sccc2-c2ccsc2[C@@H]1c1ccccc1. The van der Waals surface area contributed by atoms with Gasteiger partial charge in [0.25, 0.3) is 0 Å². The summed E-state index contributed by atoms with van der Waals surface area (Å²) in [6.45, 7) is 0. The number of hydrogen-bond donors (Lipinski definition) is 0. The molecule has 0 amide bonds. The van der Waals surface area contributed by atoms with E-state index in [0.29, 0.717) is 0 Å². The van der Waals surface area contributed by atoms with E-state index in [-0.39, 0.29) is 5.66 Å². The third kappa shape index (κ3) is 2.27. The Morgan fingerprint density at radius 3 is 2.12 bits per heavy atom. The Hall–Kier alpha value is -1.51. The summed E-state index contributed by atoms with van der Waals surface area (Å²) in [6.07, 6.45) is 0. The first-order valence-corrected chi connectivity index (χ1v) is 12.8. The molecule has 1 aliphatic heterocycles. The Morgan fingerprint density at radius 2 is 1.36 bits per heavy atom. The van der Waals surface area contributed by atoms with E-state index in [1.807, 2.05) is 22.7 Å². The Morgan fingerprint density at radius 1 is 0.720 bits per heavy atom. The highest BCUT2D eigenvalue weighted by molar-refractivity contribution is 8.23. The van der Waals surface area contributed by atoms with Gasteiger partial charge in [0.15, 0.2) is 0 Å². The first-order chi connectivity index (χ1) is 12.3. The summed E-state index contributed by atoms with van der Waals surface area (Å²) in [5.41, 5.74) is 4.36. The average Bonchev–Trinajstić information content (AvgIpc) is 3.33. The van der Waals surface area contributed by atoms with Gasteiger partial charge in [0.1, 0.15) is 0 Å². The van der Waals surface area contributed by atoms with E-state index in [1.54, 1.807) is 0 Å². The Labute approximate surface area is 160 Å². The normalized spacial score (nSPS) is 21.5. The summed E-state index contributed by atoms with van der Waals surface area (Å²) in [7, 11) is 0. The molecular weight excluding hydrogens is 379 g/mol. The highest BCUT2D eigenvalue weighted by Gasteiger charge is 2.42. The molecule has 0 aliphatic carbocycles. The third-order valence-electron chi connectivity index (χ3n) is 4.80. The summed E-state index contributed by atoms with van der Waals surface area (Å²) in [5.74, 6) is 0. The zero-order chi connectivity index (χ0) is 16.9. The maximum atomic E-state index is 6.60. The van der Waals surface area contributed by atoms with Crippen LogP contribution in [0, 0.1) is 0 Å². The van der Waals surface area contributed by atoms with Crippen LogP contribution in [-0.2, 0) is 11.8 Å². The second kappa shape index (κ2) is 6.03. The molecule has 0 spiro atoms. The molecule has 2 atom stereocenters. The zero-order valence-electron chi connectivity index (χ0n) is 13.3. The quantitative estimate of drug-likeness (QED) is 0.375.